The predicted octanol–water partition coefficient (Wildman–Crippen LogP) is 3.81. The molecule has 1 N–H and O–H groups in total. The van der Waals surface area contributed by atoms with Gasteiger partial charge in [0.1, 0.15) is 0 Å². The van der Waals surface area contributed by atoms with E-state index in [9.17, 15) is 0 Å². The van der Waals surface area contributed by atoms with Crippen molar-refractivity contribution in [1.82, 2.24) is 5.32 Å². The van der Waals surface area contributed by atoms with E-state index in [1.54, 1.807) is 0 Å². The highest BCUT2D eigenvalue weighted by Crippen LogP contribution is 2.28. The SMILES string of the molecule is CCNCC(OC(C)(C)C)c1ccccc1Cl. The van der Waals surface area contributed by atoms with Crippen LogP contribution in [0.4, 0.5) is 0 Å². The number of ether oxygens (including phenoxy) is 1. The Hall–Kier alpha value is -0.570. The molecule has 0 aromatic heterocycles. The van der Waals surface area contributed by atoms with Gasteiger partial charge in [-0.2, -0.15) is 0 Å². The summed E-state index contributed by atoms with van der Waals surface area (Å²) in [7, 11) is 0. The van der Waals surface area contributed by atoms with Gasteiger partial charge in [-0.05, 0) is 33.4 Å². The highest BCUT2D eigenvalue weighted by molar-refractivity contribution is 6.31. The second-order valence-electron chi connectivity index (χ2n) is 5.05. The average Bonchev–Trinajstić information content (AvgIpc) is 2.23. The van der Waals surface area contributed by atoms with Crippen LogP contribution in [-0.2, 0) is 4.74 Å². The Morgan fingerprint density at radius 1 is 1.29 bits per heavy atom. The number of rotatable bonds is 5. The molecular weight excluding hydrogens is 234 g/mol. The van der Waals surface area contributed by atoms with Crippen molar-refractivity contribution in [3.05, 3.63) is 34.9 Å². The van der Waals surface area contributed by atoms with Crippen molar-refractivity contribution in [2.45, 2.75) is 39.4 Å². The fourth-order valence-corrected chi connectivity index (χ4v) is 1.91. The second kappa shape index (κ2) is 6.39. The minimum atomic E-state index is -0.181. The van der Waals surface area contributed by atoms with Gasteiger partial charge in [-0.25, -0.2) is 0 Å². The van der Waals surface area contributed by atoms with E-state index < -0.39 is 0 Å². The first-order chi connectivity index (χ1) is 7.94. The van der Waals surface area contributed by atoms with Crippen LogP contribution in [0.1, 0.15) is 39.4 Å². The van der Waals surface area contributed by atoms with E-state index in [1.165, 1.54) is 0 Å². The minimum Gasteiger partial charge on any atom is -0.367 e. The van der Waals surface area contributed by atoms with Crippen LogP contribution in [0.5, 0.6) is 0 Å². The van der Waals surface area contributed by atoms with Gasteiger partial charge in [-0.15, -0.1) is 0 Å². The van der Waals surface area contributed by atoms with Gasteiger partial charge in [0.2, 0.25) is 0 Å². The van der Waals surface area contributed by atoms with Gasteiger partial charge in [0.25, 0.3) is 0 Å². The Morgan fingerprint density at radius 2 is 1.94 bits per heavy atom. The molecule has 0 saturated carbocycles. The minimum absolute atomic E-state index is 0.0105. The van der Waals surface area contributed by atoms with Crippen molar-refractivity contribution in [1.29, 1.82) is 0 Å². The third kappa shape index (κ3) is 5.07. The third-order valence-electron chi connectivity index (χ3n) is 2.33. The molecule has 0 fully saturated rings. The Morgan fingerprint density at radius 3 is 2.47 bits per heavy atom. The van der Waals surface area contributed by atoms with Gasteiger partial charge in [-0.3, -0.25) is 0 Å². The summed E-state index contributed by atoms with van der Waals surface area (Å²) >= 11 is 6.22. The third-order valence-corrected chi connectivity index (χ3v) is 2.67. The maximum absolute atomic E-state index is 6.22. The van der Waals surface area contributed by atoms with Crippen LogP contribution in [0.25, 0.3) is 0 Å². The molecule has 1 aromatic carbocycles. The molecule has 17 heavy (non-hydrogen) atoms. The molecule has 0 heterocycles. The summed E-state index contributed by atoms with van der Waals surface area (Å²) in [5, 5.41) is 4.08. The lowest BCUT2D eigenvalue weighted by molar-refractivity contribution is -0.0603. The van der Waals surface area contributed by atoms with Crippen molar-refractivity contribution >= 4 is 11.6 Å². The molecule has 0 bridgehead atoms. The molecule has 0 spiro atoms. The summed E-state index contributed by atoms with van der Waals surface area (Å²) in [6.45, 7) is 9.96. The fourth-order valence-electron chi connectivity index (χ4n) is 1.65. The highest BCUT2D eigenvalue weighted by atomic mass is 35.5. The van der Waals surface area contributed by atoms with Crippen LogP contribution >= 0.6 is 11.6 Å². The fraction of sp³-hybridized carbons (Fsp3) is 0.571. The number of hydrogen-bond acceptors (Lipinski definition) is 2. The number of benzene rings is 1. The Balaban J connectivity index is 2.86. The Labute approximate surface area is 109 Å². The number of likely N-dealkylation sites (N-methyl/N-ethyl adjacent to an activating group) is 1. The lowest BCUT2D eigenvalue weighted by Crippen LogP contribution is -2.30. The zero-order valence-corrected chi connectivity index (χ0v) is 11.8. The number of nitrogens with one attached hydrogen (secondary N) is 1. The standard InChI is InChI=1S/C14H22ClNO/c1-5-16-10-13(17-14(2,3)4)11-8-6-7-9-12(11)15/h6-9,13,16H,5,10H2,1-4H3. The molecule has 96 valence electrons. The summed E-state index contributed by atoms with van der Waals surface area (Å²) < 4.78 is 6.06. The van der Waals surface area contributed by atoms with E-state index in [4.69, 9.17) is 16.3 Å². The van der Waals surface area contributed by atoms with E-state index in [-0.39, 0.29) is 11.7 Å². The van der Waals surface area contributed by atoms with Crippen LogP contribution in [0.15, 0.2) is 24.3 Å². The van der Waals surface area contributed by atoms with Gasteiger partial charge in [-0.1, -0.05) is 36.7 Å². The summed E-state index contributed by atoms with van der Waals surface area (Å²) in [5.41, 5.74) is 0.865. The van der Waals surface area contributed by atoms with Gasteiger partial charge in [0, 0.05) is 17.1 Å². The Kier molecular flexibility index (Phi) is 5.44. The zero-order valence-electron chi connectivity index (χ0n) is 11.1. The molecule has 0 aliphatic heterocycles. The quantitative estimate of drug-likeness (QED) is 0.864. The van der Waals surface area contributed by atoms with Gasteiger partial charge in [0.15, 0.2) is 0 Å². The molecule has 1 aromatic rings. The molecule has 3 heteroatoms. The van der Waals surface area contributed by atoms with E-state index in [0.29, 0.717) is 0 Å². The van der Waals surface area contributed by atoms with Gasteiger partial charge in [0.05, 0.1) is 11.7 Å². The molecule has 1 rings (SSSR count). The van der Waals surface area contributed by atoms with Gasteiger partial charge >= 0.3 is 0 Å². The Bertz CT molecular complexity index is 346. The first kappa shape index (κ1) is 14.5. The lowest BCUT2D eigenvalue weighted by Gasteiger charge is -2.28. The molecule has 0 aliphatic carbocycles. The number of hydrogen-bond donors (Lipinski definition) is 1. The van der Waals surface area contributed by atoms with Crippen molar-refractivity contribution in [2.75, 3.05) is 13.1 Å². The molecule has 1 atom stereocenters. The smallest absolute Gasteiger partial charge is 0.0970 e. The summed E-state index contributed by atoms with van der Waals surface area (Å²) in [5.74, 6) is 0. The van der Waals surface area contributed by atoms with Crippen molar-refractivity contribution in [3.8, 4) is 0 Å². The molecular formula is C14H22ClNO. The summed E-state index contributed by atoms with van der Waals surface area (Å²) in [4.78, 5) is 0. The maximum atomic E-state index is 6.22. The van der Waals surface area contributed by atoms with Crippen LogP contribution in [0, 0.1) is 0 Å². The maximum Gasteiger partial charge on any atom is 0.0970 e. The first-order valence-electron chi connectivity index (χ1n) is 6.07. The van der Waals surface area contributed by atoms with Crippen LogP contribution in [-0.4, -0.2) is 18.7 Å². The van der Waals surface area contributed by atoms with Crippen LogP contribution in [0.2, 0.25) is 5.02 Å². The molecule has 0 radical (unpaired) electrons. The monoisotopic (exact) mass is 255 g/mol. The molecule has 2 nitrogen and oxygen atoms in total. The largest absolute Gasteiger partial charge is 0.367 e. The van der Waals surface area contributed by atoms with E-state index in [1.807, 2.05) is 24.3 Å². The molecule has 0 saturated heterocycles. The van der Waals surface area contributed by atoms with E-state index in [0.717, 1.165) is 23.7 Å². The predicted molar refractivity (Wildman–Crippen MR) is 73.6 cm³/mol. The molecule has 1 unspecified atom stereocenters. The first-order valence-corrected chi connectivity index (χ1v) is 6.45. The lowest BCUT2D eigenvalue weighted by atomic mass is 10.1. The van der Waals surface area contributed by atoms with E-state index >= 15 is 0 Å². The summed E-state index contributed by atoms with van der Waals surface area (Å²) in [6.07, 6.45) is -0.0105. The summed E-state index contributed by atoms with van der Waals surface area (Å²) in [6, 6.07) is 7.86. The number of halogens is 1. The van der Waals surface area contributed by atoms with Crippen molar-refractivity contribution in [3.63, 3.8) is 0 Å². The van der Waals surface area contributed by atoms with E-state index in [2.05, 4.69) is 33.0 Å². The van der Waals surface area contributed by atoms with Gasteiger partial charge < -0.3 is 10.1 Å². The highest BCUT2D eigenvalue weighted by Gasteiger charge is 2.21. The molecule has 0 aliphatic rings. The van der Waals surface area contributed by atoms with Crippen molar-refractivity contribution < 1.29 is 4.74 Å². The van der Waals surface area contributed by atoms with Crippen LogP contribution < -0.4 is 5.32 Å². The normalized spacial score (nSPS) is 13.7. The second-order valence-corrected chi connectivity index (χ2v) is 5.46. The molecule has 0 amide bonds. The topological polar surface area (TPSA) is 21.3 Å². The zero-order chi connectivity index (χ0) is 12.9. The average molecular weight is 256 g/mol. The van der Waals surface area contributed by atoms with Crippen molar-refractivity contribution in [2.24, 2.45) is 0 Å². The van der Waals surface area contributed by atoms with Crippen LogP contribution in [0.3, 0.4) is 0 Å².